The zero-order valence-electron chi connectivity index (χ0n) is 12.7. The Morgan fingerprint density at radius 2 is 2.26 bits per heavy atom. The molecule has 0 amide bonds. The SMILES string of the molecule is CC1CCCOc2ccnc3[nH]c(=O)n(c23)-c2cccc(n2)O1. The van der Waals surface area contributed by atoms with Crippen LogP contribution in [0.5, 0.6) is 11.6 Å². The Balaban J connectivity index is 1.99. The lowest BCUT2D eigenvalue weighted by Crippen LogP contribution is -2.19. The summed E-state index contributed by atoms with van der Waals surface area (Å²) in [5.41, 5.74) is 0.764. The molecule has 0 saturated carbocycles. The first-order valence-electron chi connectivity index (χ1n) is 7.59. The number of rotatable bonds is 0. The fourth-order valence-electron chi connectivity index (χ4n) is 2.75. The molecule has 3 aromatic heterocycles. The third kappa shape index (κ3) is 2.44. The summed E-state index contributed by atoms with van der Waals surface area (Å²) in [6.45, 7) is 2.55. The number of aromatic amines is 1. The van der Waals surface area contributed by atoms with Gasteiger partial charge in [-0.05, 0) is 25.8 Å². The van der Waals surface area contributed by atoms with Crippen LogP contribution in [0.25, 0.3) is 17.0 Å². The minimum Gasteiger partial charge on any atom is -0.491 e. The van der Waals surface area contributed by atoms with Gasteiger partial charge in [0.1, 0.15) is 17.1 Å². The summed E-state index contributed by atoms with van der Waals surface area (Å²) >= 11 is 0. The van der Waals surface area contributed by atoms with Gasteiger partial charge in [-0.2, -0.15) is 4.98 Å². The number of hydrogen-bond donors (Lipinski definition) is 1. The van der Waals surface area contributed by atoms with Crippen LogP contribution in [0.4, 0.5) is 0 Å². The fraction of sp³-hybridized carbons (Fsp3) is 0.312. The van der Waals surface area contributed by atoms with Crippen LogP contribution in [-0.4, -0.2) is 32.2 Å². The Labute approximate surface area is 131 Å². The number of imidazole rings is 1. The number of H-pyrrole nitrogens is 1. The maximum absolute atomic E-state index is 12.4. The summed E-state index contributed by atoms with van der Waals surface area (Å²) < 4.78 is 13.2. The molecule has 1 atom stereocenters. The van der Waals surface area contributed by atoms with E-state index in [0.29, 0.717) is 35.2 Å². The van der Waals surface area contributed by atoms with E-state index in [1.165, 1.54) is 4.57 Å². The van der Waals surface area contributed by atoms with E-state index in [4.69, 9.17) is 9.47 Å². The molecule has 7 nitrogen and oxygen atoms in total. The van der Waals surface area contributed by atoms with Crippen LogP contribution in [-0.2, 0) is 0 Å². The molecule has 4 heterocycles. The Kier molecular flexibility index (Phi) is 3.25. The zero-order chi connectivity index (χ0) is 15.8. The van der Waals surface area contributed by atoms with Crippen LogP contribution >= 0.6 is 0 Å². The van der Waals surface area contributed by atoms with E-state index < -0.39 is 0 Å². The Bertz CT molecular complexity index is 915. The molecule has 3 aromatic rings. The van der Waals surface area contributed by atoms with Gasteiger partial charge in [-0.1, -0.05) is 6.07 Å². The van der Waals surface area contributed by atoms with Gasteiger partial charge in [0, 0.05) is 18.3 Å². The monoisotopic (exact) mass is 312 g/mol. The summed E-state index contributed by atoms with van der Waals surface area (Å²) in [5, 5.41) is 0. The first kappa shape index (κ1) is 13.8. The smallest absolute Gasteiger partial charge is 0.333 e. The Hall–Kier alpha value is -2.83. The van der Waals surface area contributed by atoms with Crippen LogP contribution in [0.15, 0.2) is 35.3 Å². The van der Waals surface area contributed by atoms with Crippen molar-refractivity contribution in [2.24, 2.45) is 0 Å². The molecule has 1 N–H and O–H groups in total. The molecule has 0 aliphatic carbocycles. The van der Waals surface area contributed by atoms with Crippen LogP contribution in [0.2, 0.25) is 0 Å². The van der Waals surface area contributed by atoms with Crippen LogP contribution in [0, 0.1) is 0 Å². The van der Waals surface area contributed by atoms with Gasteiger partial charge >= 0.3 is 5.69 Å². The van der Waals surface area contributed by atoms with Crippen LogP contribution in [0.1, 0.15) is 19.8 Å². The minimum atomic E-state index is -0.307. The average molecular weight is 312 g/mol. The second kappa shape index (κ2) is 5.42. The second-order valence-electron chi connectivity index (χ2n) is 5.53. The molecule has 0 aromatic carbocycles. The number of nitrogens with one attached hydrogen (secondary N) is 1. The van der Waals surface area contributed by atoms with E-state index in [1.807, 2.05) is 13.0 Å². The van der Waals surface area contributed by atoms with E-state index in [1.54, 1.807) is 24.4 Å². The molecular weight excluding hydrogens is 296 g/mol. The number of fused-ring (bicyclic) bond motifs is 3. The van der Waals surface area contributed by atoms with E-state index in [0.717, 1.165) is 12.8 Å². The first-order chi connectivity index (χ1) is 11.2. The third-order valence-electron chi connectivity index (χ3n) is 3.81. The van der Waals surface area contributed by atoms with E-state index >= 15 is 0 Å². The second-order valence-corrected chi connectivity index (χ2v) is 5.53. The molecule has 1 unspecified atom stereocenters. The lowest BCUT2D eigenvalue weighted by molar-refractivity contribution is 0.186. The maximum atomic E-state index is 12.4. The first-order valence-corrected chi connectivity index (χ1v) is 7.59. The highest BCUT2D eigenvalue weighted by atomic mass is 16.5. The van der Waals surface area contributed by atoms with Crippen LogP contribution in [0.3, 0.4) is 0 Å². The van der Waals surface area contributed by atoms with Gasteiger partial charge in [-0.15, -0.1) is 0 Å². The van der Waals surface area contributed by atoms with Crippen molar-refractivity contribution in [1.29, 1.82) is 0 Å². The van der Waals surface area contributed by atoms with Crippen molar-refractivity contribution in [3.05, 3.63) is 40.9 Å². The van der Waals surface area contributed by atoms with Crippen molar-refractivity contribution < 1.29 is 9.47 Å². The minimum absolute atomic E-state index is 0.0284. The molecule has 0 spiro atoms. The van der Waals surface area contributed by atoms with Crippen LogP contribution < -0.4 is 15.2 Å². The van der Waals surface area contributed by atoms with E-state index in [-0.39, 0.29) is 11.8 Å². The largest absolute Gasteiger partial charge is 0.491 e. The number of ether oxygens (including phenoxy) is 2. The summed E-state index contributed by atoms with van der Waals surface area (Å²) in [6.07, 6.45) is 3.36. The van der Waals surface area contributed by atoms with Gasteiger partial charge in [-0.25, -0.2) is 14.3 Å². The number of pyridine rings is 2. The highest BCUT2D eigenvalue weighted by molar-refractivity contribution is 5.79. The summed E-state index contributed by atoms with van der Waals surface area (Å²) in [5.74, 6) is 1.60. The molecule has 4 rings (SSSR count). The van der Waals surface area contributed by atoms with Gasteiger partial charge in [0.25, 0.3) is 0 Å². The molecule has 1 aliphatic rings. The van der Waals surface area contributed by atoms with Gasteiger partial charge in [0.2, 0.25) is 5.88 Å². The van der Waals surface area contributed by atoms with Crippen molar-refractivity contribution in [1.82, 2.24) is 19.5 Å². The molecule has 1 aliphatic heterocycles. The number of aromatic nitrogens is 4. The van der Waals surface area contributed by atoms with Crippen molar-refractivity contribution in [2.45, 2.75) is 25.9 Å². The summed E-state index contributed by atoms with van der Waals surface area (Å²) in [6, 6.07) is 7.13. The number of nitrogens with zero attached hydrogens (tertiary/aromatic N) is 3. The van der Waals surface area contributed by atoms with Gasteiger partial charge in [0.05, 0.1) is 12.7 Å². The maximum Gasteiger partial charge on any atom is 0.333 e. The summed E-state index contributed by atoms with van der Waals surface area (Å²) in [4.78, 5) is 23.8. The molecule has 0 fully saturated rings. The molecule has 118 valence electrons. The van der Waals surface area contributed by atoms with Crippen molar-refractivity contribution >= 4 is 11.2 Å². The molecular formula is C16H16N4O3. The third-order valence-corrected chi connectivity index (χ3v) is 3.81. The Morgan fingerprint density at radius 3 is 3.17 bits per heavy atom. The highest BCUT2D eigenvalue weighted by Gasteiger charge is 2.17. The zero-order valence-corrected chi connectivity index (χ0v) is 12.7. The molecule has 0 radical (unpaired) electrons. The number of hydrogen-bond acceptors (Lipinski definition) is 5. The molecule has 2 bridgehead atoms. The average Bonchev–Trinajstić information content (AvgIpc) is 2.87. The quantitative estimate of drug-likeness (QED) is 0.687. The van der Waals surface area contributed by atoms with E-state index in [9.17, 15) is 4.79 Å². The summed E-state index contributed by atoms with van der Waals surface area (Å²) in [7, 11) is 0. The molecule has 0 saturated heterocycles. The normalized spacial score (nSPS) is 17.7. The van der Waals surface area contributed by atoms with Crippen molar-refractivity contribution in [3.63, 3.8) is 0 Å². The van der Waals surface area contributed by atoms with E-state index in [2.05, 4.69) is 15.0 Å². The Morgan fingerprint density at radius 1 is 1.35 bits per heavy atom. The predicted molar refractivity (Wildman–Crippen MR) is 84.3 cm³/mol. The standard InChI is InChI=1S/C16H16N4O3/c1-10-4-3-9-22-11-7-8-17-15-14(11)20(16(21)19-15)12-5-2-6-13(18-12)23-10/h2,5-8,10H,3-4,9H2,1H3,(H,17,19,21). The topological polar surface area (TPSA) is 82.0 Å². The van der Waals surface area contributed by atoms with Crippen molar-refractivity contribution in [2.75, 3.05) is 6.61 Å². The predicted octanol–water partition coefficient (Wildman–Crippen LogP) is 2.05. The fourth-order valence-corrected chi connectivity index (χ4v) is 2.75. The van der Waals surface area contributed by atoms with Gasteiger partial charge in [-0.3, -0.25) is 4.98 Å². The van der Waals surface area contributed by atoms with Gasteiger partial charge < -0.3 is 9.47 Å². The van der Waals surface area contributed by atoms with Gasteiger partial charge in [0.15, 0.2) is 5.65 Å². The molecule has 7 heteroatoms. The van der Waals surface area contributed by atoms with Crippen molar-refractivity contribution in [3.8, 4) is 17.4 Å². The highest BCUT2D eigenvalue weighted by Crippen LogP contribution is 2.25. The lowest BCUT2D eigenvalue weighted by Gasteiger charge is -2.16. The lowest BCUT2D eigenvalue weighted by atomic mass is 10.2. The molecule has 23 heavy (non-hydrogen) atoms.